The van der Waals surface area contributed by atoms with E-state index in [9.17, 15) is 18.0 Å². The summed E-state index contributed by atoms with van der Waals surface area (Å²) < 4.78 is 94.4. The summed E-state index contributed by atoms with van der Waals surface area (Å²) in [4.78, 5) is 12.6. The molecule has 0 aliphatic rings. The summed E-state index contributed by atoms with van der Waals surface area (Å²) in [5.74, 6) is -0.627. The maximum atomic E-state index is 13.1. The molecule has 1 N–H and O–H groups in total. The van der Waals surface area contributed by atoms with E-state index in [4.69, 9.17) is 47.1 Å². The fraction of sp³-hybridized carbons (Fsp3) is 0.658. The molecular formula is C38H60F3NO11Si. The number of hydrogen-bond acceptors (Lipinski definition) is 12. The van der Waals surface area contributed by atoms with Gasteiger partial charge in [-0.25, -0.2) is 4.79 Å². The second kappa shape index (κ2) is 27.0. The van der Waals surface area contributed by atoms with Crippen molar-refractivity contribution < 1.29 is 65.0 Å². The van der Waals surface area contributed by atoms with Gasteiger partial charge < -0.3 is 52.4 Å². The molecule has 16 heteroatoms. The molecule has 12 nitrogen and oxygen atoms in total. The third-order valence-corrected chi connectivity index (χ3v) is 12.7. The number of hydrogen-bond donors (Lipinski definition) is 1. The first-order valence-corrected chi connectivity index (χ1v) is 21.2. The lowest BCUT2D eigenvalue weighted by atomic mass is 10.1. The van der Waals surface area contributed by atoms with Crippen LogP contribution >= 0.6 is 0 Å². The lowest BCUT2D eigenvalue weighted by Gasteiger charge is -2.36. The molecule has 0 aliphatic carbocycles. The highest BCUT2D eigenvalue weighted by molar-refractivity contribution is 6.74. The minimum absolute atomic E-state index is 0.000273. The minimum atomic E-state index is -4.48. The molecule has 2 aromatic carbocycles. The van der Waals surface area contributed by atoms with Crippen molar-refractivity contribution in [3.05, 3.63) is 59.7 Å². The van der Waals surface area contributed by atoms with E-state index in [-0.39, 0.29) is 29.5 Å². The SMILES string of the molecule is CC(C)(C)[Si](C)(C)OCCOCCOCCOCCOCCOCCOCCOCCOCCOC(=O)c1ccccc1Nc1cccc(C(F)(F)F)c1. The molecule has 0 bridgehead atoms. The Morgan fingerprint density at radius 2 is 0.981 bits per heavy atom. The fourth-order valence-corrected chi connectivity index (χ4v) is 5.21. The maximum absolute atomic E-state index is 13.1. The van der Waals surface area contributed by atoms with E-state index < -0.39 is 26.0 Å². The summed E-state index contributed by atoms with van der Waals surface area (Å²) in [5.41, 5.74) is -0.0843. The lowest BCUT2D eigenvalue weighted by Crippen LogP contribution is -2.41. The Morgan fingerprint density at radius 3 is 1.41 bits per heavy atom. The van der Waals surface area contributed by atoms with Gasteiger partial charge in [0.2, 0.25) is 0 Å². The number of carbonyl (C=O) groups excluding carboxylic acids is 1. The summed E-state index contributed by atoms with van der Waals surface area (Å²) in [6.07, 6.45) is -4.48. The van der Waals surface area contributed by atoms with Gasteiger partial charge in [0, 0.05) is 5.69 Å². The van der Waals surface area contributed by atoms with Crippen molar-refractivity contribution in [1.29, 1.82) is 0 Å². The third kappa shape index (κ3) is 21.4. The van der Waals surface area contributed by atoms with Gasteiger partial charge in [-0.15, -0.1) is 0 Å². The van der Waals surface area contributed by atoms with E-state index in [1.54, 1.807) is 18.2 Å². The van der Waals surface area contributed by atoms with Crippen LogP contribution in [0.15, 0.2) is 48.5 Å². The Balaban J connectivity index is 1.32. The van der Waals surface area contributed by atoms with Crippen molar-refractivity contribution in [2.75, 3.05) is 124 Å². The van der Waals surface area contributed by atoms with Crippen LogP contribution < -0.4 is 5.32 Å². The zero-order chi connectivity index (χ0) is 39.5. The standard InChI is InChI=1S/C38H60F3NO11Si/c1-37(2,3)54(4,5)53-30-28-51-26-24-49-22-20-47-18-16-45-14-13-44-15-17-46-19-21-48-23-25-50-27-29-52-36(43)34-11-6-7-12-35(34)42-33-10-8-9-32(31-33)38(39,40)41/h6-12,31,42H,13-30H2,1-5H3. The molecule has 0 saturated carbocycles. The second-order valence-electron chi connectivity index (χ2n) is 13.4. The van der Waals surface area contributed by atoms with Crippen LogP contribution in [0.4, 0.5) is 24.5 Å². The molecule has 0 aliphatic heterocycles. The van der Waals surface area contributed by atoms with Crippen molar-refractivity contribution in [3.8, 4) is 0 Å². The van der Waals surface area contributed by atoms with Gasteiger partial charge in [0.25, 0.3) is 0 Å². The van der Waals surface area contributed by atoms with Gasteiger partial charge in [0.05, 0.1) is 129 Å². The quantitative estimate of drug-likeness (QED) is 0.0494. The molecule has 0 radical (unpaired) electrons. The number of anilines is 2. The minimum Gasteiger partial charge on any atom is -0.460 e. The number of carbonyl (C=O) groups is 1. The lowest BCUT2D eigenvalue weighted by molar-refractivity contribution is -0.137. The van der Waals surface area contributed by atoms with Crippen LogP contribution in [0.1, 0.15) is 36.7 Å². The second-order valence-corrected chi connectivity index (χ2v) is 18.2. The molecule has 2 aromatic rings. The number of para-hydroxylation sites is 1. The Kier molecular flexibility index (Phi) is 23.8. The van der Waals surface area contributed by atoms with Crippen molar-refractivity contribution in [1.82, 2.24) is 0 Å². The number of alkyl halides is 3. The number of esters is 1. The molecule has 0 atom stereocenters. The van der Waals surface area contributed by atoms with Gasteiger partial charge in [0.1, 0.15) is 6.61 Å². The van der Waals surface area contributed by atoms with Gasteiger partial charge in [-0.2, -0.15) is 13.2 Å². The summed E-state index contributed by atoms with van der Waals surface area (Å²) in [7, 11) is -1.72. The van der Waals surface area contributed by atoms with Gasteiger partial charge in [-0.05, 0) is 48.5 Å². The molecule has 2 rings (SSSR count). The highest BCUT2D eigenvalue weighted by Gasteiger charge is 2.36. The molecule has 0 spiro atoms. The third-order valence-electron chi connectivity index (χ3n) is 8.18. The highest BCUT2D eigenvalue weighted by atomic mass is 28.4. The van der Waals surface area contributed by atoms with Crippen molar-refractivity contribution in [2.24, 2.45) is 0 Å². The number of ether oxygens (including phenoxy) is 9. The summed E-state index contributed by atoms with van der Waals surface area (Å²) >= 11 is 0. The van der Waals surface area contributed by atoms with Crippen molar-refractivity contribution in [2.45, 2.75) is 45.1 Å². The van der Waals surface area contributed by atoms with Gasteiger partial charge in [-0.1, -0.05) is 39.0 Å². The van der Waals surface area contributed by atoms with Crippen LogP contribution in [0.2, 0.25) is 18.1 Å². The molecule has 0 amide bonds. The monoisotopic (exact) mass is 791 g/mol. The largest absolute Gasteiger partial charge is 0.460 e. The summed E-state index contributed by atoms with van der Waals surface area (Å²) in [5, 5.41) is 3.06. The van der Waals surface area contributed by atoms with Crippen molar-refractivity contribution in [3.63, 3.8) is 0 Å². The van der Waals surface area contributed by atoms with Crippen LogP contribution in [0.5, 0.6) is 0 Å². The molecule has 0 unspecified atom stereocenters. The highest BCUT2D eigenvalue weighted by Crippen LogP contribution is 2.36. The zero-order valence-corrected chi connectivity index (χ0v) is 33.5. The predicted octanol–water partition coefficient (Wildman–Crippen LogP) is 6.76. The first-order chi connectivity index (χ1) is 25.8. The van der Waals surface area contributed by atoms with E-state index in [0.29, 0.717) is 111 Å². The van der Waals surface area contributed by atoms with Crippen molar-refractivity contribution >= 4 is 25.7 Å². The molecular weight excluding hydrogens is 731 g/mol. The Labute approximate surface area is 319 Å². The fourth-order valence-electron chi connectivity index (χ4n) is 4.18. The van der Waals surface area contributed by atoms with E-state index >= 15 is 0 Å². The Bertz CT molecular complexity index is 1280. The van der Waals surface area contributed by atoms with E-state index in [1.165, 1.54) is 18.2 Å². The summed E-state index contributed by atoms with van der Waals surface area (Å²) in [6.45, 7) is 18.7. The Hall–Kier alpha value is -2.64. The average Bonchev–Trinajstić information content (AvgIpc) is 3.12. The van der Waals surface area contributed by atoms with E-state index in [0.717, 1.165) is 12.1 Å². The summed E-state index contributed by atoms with van der Waals surface area (Å²) in [6, 6.07) is 11.1. The normalized spacial score (nSPS) is 12.3. The molecule has 0 heterocycles. The first kappa shape index (κ1) is 47.5. The predicted molar refractivity (Wildman–Crippen MR) is 201 cm³/mol. The van der Waals surface area contributed by atoms with E-state index in [1.807, 2.05) is 0 Å². The van der Waals surface area contributed by atoms with Gasteiger partial charge >= 0.3 is 12.1 Å². The number of rotatable bonds is 31. The topological polar surface area (TPSA) is 121 Å². The number of benzene rings is 2. The van der Waals surface area contributed by atoms with Crippen LogP contribution in [-0.4, -0.2) is 133 Å². The van der Waals surface area contributed by atoms with Crippen LogP contribution in [0, 0.1) is 0 Å². The van der Waals surface area contributed by atoms with Gasteiger partial charge in [0.15, 0.2) is 8.32 Å². The molecule has 54 heavy (non-hydrogen) atoms. The van der Waals surface area contributed by atoms with Crippen LogP contribution in [-0.2, 0) is 53.2 Å². The molecule has 308 valence electrons. The molecule has 0 aromatic heterocycles. The van der Waals surface area contributed by atoms with E-state index in [2.05, 4.69) is 39.2 Å². The smallest absolute Gasteiger partial charge is 0.416 e. The number of halogens is 3. The van der Waals surface area contributed by atoms with Crippen LogP contribution in [0.3, 0.4) is 0 Å². The zero-order valence-electron chi connectivity index (χ0n) is 32.5. The molecule has 0 saturated heterocycles. The van der Waals surface area contributed by atoms with Crippen LogP contribution in [0.25, 0.3) is 0 Å². The Morgan fingerprint density at radius 1 is 0.574 bits per heavy atom. The maximum Gasteiger partial charge on any atom is 0.416 e. The average molecular weight is 792 g/mol. The van der Waals surface area contributed by atoms with Gasteiger partial charge in [-0.3, -0.25) is 0 Å². The number of nitrogens with one attached hydrogen (secondary N) is 1. The molecule has 0 fully saturated rings. The first-order valence-electron chi connectivity index (χ1n) is 18.3.